The Kier molecular flexibility index (Phi) is 3.49. The molecule has 1 heterocycles. The number of nitrogens with zero attached hydrogens (tertiary/aromatic N) is 1. The fourth-order valence-corrected chi connectivity index (χ4v) is 2.84. The highest BCUT2D eigenvalue weighted by Crippen LogP contribution is 2.21. The molecule has 0 N–H and O–H groups in total. The molecule has 98 valence electrons. The fraction of sp³-hybridized carbons (Fsp3) is 0.353. The van der Waals surface area contributed by atoms with Crippen LogP contribution < -0.4 is 0 Å². The maximum Gasteiger partial charge on any atom is 0.222 e. The van der Waals surface area contributed by atoms with Gasteiger partial charge < -0.3 is 4.90 Å². The Morgan fingerprint density at radius 2 is 1.79 bits per heavy atom. The molecule has 0 atom stereocenters. The predicted molar refractivity (Wildman–Crippen MR) is 77.8 cm³/mol. The number of rotatable bonds is 2. The Bertz CT molecular complexity index is 585. The van der Waals surface area contributed by atoms with Gasteiger partial charge in [-0.15, -0.1) is 0 Å². The second kappa shape index (κ2) is 5.43. The van der Waals surface area contributed by atoms with E-state index in [1.54, 1.807) is 0 Å². The first-order valence-electron chi connectivity index (χ1n) is 7.09. The summed E-state index contributed by atoms with van der Waals surface area (Å²) in [6, 6.07) is 14.7. The average Bonchev–Trinajstić information content (AvgIpc) is 2.65. The van der Waals surface area contributed by atoms with Gasteiger partial charge in [-0.3, -0.25) is 4.79 Å². The molecule has 0 spiro atoms. The van der Waals surface area contributed by atoms with E-state index in [1.807, 2.05) is 4.90 Å². The van der Waals surface area contributed by atoms with Crippen LogP contribution in [0.1, 0.15) is 31.2 Å². The summed E-state index contributed by atoms with van der Waals surface area (Å²) < 4.78 is 0. The predicted octanol–water partition coefficient (Wildman–Crippen LogP) is 3.74. The van der Waals surface area contributed by atoms with Gasteiger partial charge in [-0.05, 0) is 29.2 Å². The Morgan fingerprint density at radius 1 is 0.947 bits per heavy atom. The van der Waals surface area contributed by atoms with Crippen molar-refractivity contribution in [3.8, 4) is 0 Å². The molecule has 1 saturated heterocycles. The monoisotopic (exact) mass is 253 g/mol. The van der Waals surface area contributed by atoms with Gasteiger partial charge in [0.1, 0.15) is 0 Å². The van der Waals surface area contributed by atoms with Crippen molar-refractivity contribution in [2.45, 2.75) is 32.2 Å². The molecule has 2 nitrogen and oxygen atoms in total. The lowest BCUT2D eigenvalue weighted by molar-refractivity contribution is -0.131. The van der Waals surface area contributed by atoms with Gasteiger partial charge >= 0.3 is 0 Å². The number of carbonyl (C=O) groups excluding carboxylic acids is 1. The van der Waals surface area contributed by atoms with Crippen molar-refractivity contribution in [3.63, 3.8) is 0 Å². The molecule has 0 aromatic heterocycles. The number of hydrogen-bond acceptors (Lipinski definition) is 1. The number of amides is 1. The number of fused-ring (bicyclic) bond motifs is 1. The van der Waals surface area contributed by atoms with E-state index < -0.39 is 0 Å². The van der Waals surface area contributed by atoms with E-state index in [0.29, 0.717) is 12.3 Å². The summed E-state index contributed by atoms with van der Waals surface area (Å²) in [6.45, 7) is 1.66. The first-order valence-corrected chi connectivity index (χ1v) is 7.09. The van der Waals surface area contributed by atoms with Crippen molar-refractivity contribution in [3.05, 3.63) is 48.0 Å². The Hall–Kier alpha value is -1.83. The molecule has 2 aromatic rings. The minimum Gasteiger partial charge on any atom is -0.338 e. The fourth-order valence-electron chi connectivity index (χ4n) is 2.84. The largest absolute Gasteiger partial charge is 0.338 e. The summed E-state index contributed by atoms with van der Waals surface area (Å²) in [5.41, 5.74) is 1.26. The molecule has 2 heteroatoms. The van der Waals surface area contributed by atoms with Gasteiger partial charge in [0.05, 0.1) is 0 Å². The van der Waals surface area contributed by atoms with Gasteiger partial charge in [0, 0.05) is 19.5 Å². The molecule has 1 fully saturated rings. The van der Waals surface area contributed by atoms with Crippen molar-refractivity contribution in [1.82, 2.24) is 4.90 Å². The minimum atomic E-state index is 0.311. The van der Waals surface area contributed by atoms with Crippen LogP contribution in [0.4, 0.5) is 0 Å². The molecular weight excluding hydrogens is 234 g/mol. The minimum absolute atomic E-state index is 0.311. The van der Waals surface area contributed by atoms with Gasteiger partial charge in [0.2, 0.25) is 5.91 Å². The number of carbonyl (C=O) groups is 1. The molecule has 0 bridgehead atoms. The second-order valence-electron chi connectivity index (χ2n) is 5.26. The Labute approximate surface area is 114 Å². The lowest BCUT2D eigenvalue weighted by Crippen LogP contribution is -2.29. The highest BCUT2D eigenvalue weighted by atomic mass is 16.2. The zero-order chi connectivity index (χ0) is 13.1. The average molecular weight is 253 g/mol. The third-order valence-corrected chi connectivity index (χ3v) is 3.91. The number of likely N-dealkylation sites (tertiary alicyclic amines) is 1. The van der Waals surface area contributed by atoms with Crippen LogP contribution in [0.2, 0.25) is 0 Å². The molecule has 2 aromatic carbocycles. The van der Waals surface area contributed by atoms with Crippen LogP contribution in [0.25, 0.3) is 10.8 Å². The van der Waals surface area contributed by atoms with E-state index >= 15 is 0 Å². The van der Waals surface area contributed by atoms with Crippen LogP contribution in [-0.4, -0.2) is 17.4 Å². The summed E-state index contributed by atoms with van der Waals surface area (Å²) in [5.74, 6) is 0.311. The van der Waals surface area contributed by atoms with E-state index in [0.717, 1.165) is 25.9 Å². The third kappa shape index (κ3) is 2.62. The van der Waals surface area contributed by atoms with Gasteiger partial charge in [-0.25, -0.2) is 0 Å². The molecule has 0 aliphatic carbocycles. The molecule has 1 amide bonds. The third-order valence-electron chi connectivity index (χ3n) is 3.91. The summed E-state index contributed by atoms with van der Waals surface area (Å²) >= 11 is 0. The van der Waals surface area contributed by atoms with E-state index in [2.05, 4.69) is 42.5 Å². The lowest BCUT2D eigenvalue weighted by atomic mass is 10.0. The second-order valence-corrected chi connectivity index (χ2v) is 5.26. The van der Waals surface area contributed by atoms with Crippen LogP contribution in [0.15, 0.2) is 42.5 Å². The van der Waals surface area contributed by atoms with Crippen LogP contribution in [0.3, 0.4) is 0 Å². The van der Waals surface area contributed by atoms with Gasteiger partial charge in [0.25, 0.3) is 0 Å². The summed E-state index contributed by atoms with van der Waals surface area (Å²) in [5, 5.41) is 2.52. The van der Waals surface area contributed by atoms with Crippen LogP contribution in [0.5, 0.6) is 0 Å². The van der Waals surface area contributed by atoms with Crippen molar-refractivity contribution in [1.29, 1.82) is 0 Å². The van der Waals surface area contributed by atoms with E-state index in [1.165, 1.54) is 22.8 Å². The number of hydrogen-bond donors (Lipinski definition) is 0. The molecule has 0 unspecified atom stereocenters. The topological polar surface area (TPSA) is 20.3 Å². The van der Waals surface area contributed by atoms with Crippen LogP contribution in [-0.2, 0) is 11.3 Å². The zero-order valence-corrected chi connectivity index (χ0v) is 11.1. The van der Waals surface area contributed by atoms with Crippen LogP contribution >= 0.6 is 0 Å². The quantitative estimate of drug-likeness (QED) is 0.798. The van der Waals surface area contributed by atoms with Gasteiger partial charge in [-0.2, -0.15) is 0 Å². The summed E-state index contributed by atoms with van der Waals surface area (Å²) in [6.07, 6.45) is 4.07. The lowest BCUT2D eigenvalue weighted by Gasteiger charge is -2.21. The van der Waals surface area contributed by atoms with Crippen molar-refractivity contribution in [2.75, 3.05) is 6.54 Å². The maximum absolute atomic E-state index is 12.1. The summed E-state index contributed by atoms with van der Waals surface area (Å²) in [7, 11) is 0. The molecular formula is C17H19NO. The van der Waals surface area contributed by atoms with Gasteiger partial charge in [0.15, 0.2) is 0 Å². The Morgan fingerprint density at radius 3 is 2.74 bits per heavy atom. The highest BCUT2D eigenvalue weighted by molar-refractivity contribution is 5.86. The van der Waals surface area contributed by atoms with E-state index in [9.17, 15) is 4.79 Å². The maximum atomic E-state index is 12.1. The highest BCUT2D eigenvalue weighted by Gasteiger charge is 2.17. The number of benzene rings is 2. The van der Waals surface area contributed by atoms with Crippen molar-refractivity contribution >= 4 is 16.7 Å². The Balaban J connectivity index is 1.90. The molecule has 3 rings (SSSR count). The molecule has 1 aliphatic heterocycles. The van der Waals surface area contributed by atoms with E-state index in [-0.39, 0.29) is 0 Å². The molecule has 19 heavy (non-hydrogen) atoms. The van der Waals surface area contributed by atoms with Crippen molar-refractivity contribution < 1.29 is 4.79 Å². The van der Waals surface area contributed by atoms with Crippen molar-refractivity contribution in [2.24, 2.45) is 0 Å². The SMILES string of the molecule is O=C1CCCCCN1Cc1cccc2ccccc12. The molecule has 1 aliphatic rings. The zero-order valence-electron chi connectivity index (χ0n) is 11.1. The molecule has 0 radical (unpaired) electrons. The smallest absolute Gasteiger partial charge is 0.222 e. The van der Waals surface area contributed by atoms with Crippen LogP contribution in [0, 0.1) is 0 Å². The van der Waals surface area contributed by atoms with Gasteiger partial charge in [-0.1, -0.05) is 48.9 Å². The first-order chi connectivity index (χ1) is 9.34. The molecule has 0 saturated carbocycles. The van der Waals surface area contributed by atoms with E-state index in [4.69, 9.17) is 0 Å². The first kappa shape index (κ1) is 12.2. The summed E-state index contributed by atoms with van der Waals surface area (Å²) in [4.78, 5) is 14.1. The standard InChI is InChI=1S/C17H19NO/c19-17-11-2-1-5-12-18(17)13-15-9-6-8-14-7-3-4-10-16(14)15/h3-4,6-10H,1-2,5,11-13H2. The normalized spacial score (nSPS) is 16.6.